The Labute approximate surface area is 204 Å². The monoisotopic (exact) mass is 480 g/mol. The summed E-state index contributed by atoms with van der Waals surface area (Å²) in [6.45, 7) is 5.29. The van der Waals surface area contributed by atoms with Crippen LogP contribution < -0.4 is 5.32 Å². The van der Waals surface area contributed by atoms with Gasteiger partial charge in [0.05, 0.1) is 21.3 Å². The van der Waals surface area contributed by atoms with E-state index >= 15 is 0 Å². The molecule has 0 spiro atoms. The van der Waals surface area contributed by atoms with Crippen LogP contribution in [0, 0.1) is 6.92 Å². The molecular formula is C27H26Cl2N2O2. The Hall–Kier alpha value is -2.66. The summed E-state index contributed by atoms with van der Waals surface area (Å²) in [5, 5.41) is 4.09. The number of amides is 1. The number of anilines is 1. The fourth-order valence-corrected chi connectivity index (χ4v) is 4.67. The number of rotatable bonds is 6. The Bertz CT molecular complexity index is 1200. The highest BCUT2D eigenvalue weighted by Gasteiger charge is 2.43. The summed E-state index contributed by atoms with van der Waals surface area (Å²) >= 11 is 12.2. The van der Waals surface area contributed by atoms with Gasteiger partial charge in [0, 0.05) is 17.7 Å². The lowest BCUT2D eigenvalue weighted by Gasteiger charge is -2.34. The van der Waals surface area contributed by atoms with E-state index < -0.39 is 5.54 Å². The first kappa shape index (κ1) is 23.5. The Morgan fingerprint density at radius 2 is 1.76 bits per heavy atom. The third-order valence-electron chi connectivity index (χ3n) is 6.34. The normalized spacial score (nSPS) is 18.3. The van der Waals surface area contributed by atoms with E-state index in [1.807, 2.05) is 56.3 Å². The van der Waals surface area contributed by atoms with E-state index in [0.717, 1.165) is 30.5 Å². The molecule has 170 valence electrons. The maximum Gasteiger partial charge on any atom is 0.244 e. The lowest BCUT2D eigenvalue weighted by Crippen LogP contribution is -2.50. The topological polar surface area (TPSA) is 49.4 Å². The predicted octanol–water partition coefficient (Wildman–Crippen LogP) is 6.53. The molecule has 1 saturated heterocycles. The number of hydrogen-bond acceptors (Lipinski definition) is 3. The van der Waals surface area contributed by atoms with Gasteiger partial charge in [-0.2, -0.15) is 0 Å². The van der Waals surface area contributed by atoms with Crippen molar-refractivity contribution >= 4 is 40.6 Å². The molecule has 1 fully saturated rings. The predicted molar refractivity (Wildman–Crippen MR) is 134 cm³/mol. The van der Waals surface area contributed by atoms with E-state index in [1.54, 1.807) is 24.3 Å². The van der Waals surface area contributed by atoms with Crippen LogP contribution in [0.3, 0.4) is 0 Å². The first-order valence-corrected chi connectivity index (χ1v) is 11.7. The molecule has 3 aromatic rings. The van der Waals surface area contributed by atoms with Gasteiger partial charge in [-0.15, -0.1) is 0 Å². The number of nitrogens with zero attached hydrogens (tertiary/aromatic N) is 1. The van der Waals surface area contributed by atoms with E-state index in [0.29, 0.717) is 33.4 Å². The summed E-state index contributed by atoms with van der Waals surface area (Å²) in [4.78, 5) is 28.9. The van der Waals surface area contributed by atoms with Gasteiger partial charge in [-0.05, 0) is 68.6 Å². The Morgan fingerprint density at radius 3 is 2.48 bits per heavy atom. The SMILES string of the molecule is Cc1ccc(C(=O)c2ccccc2)c(NC(=O)[C@@]2(C)CCCN2Cc2ccc(Cl)c(Cl)c2)c1. The largest absolute Gasteiger partial charge is 0.324 e. The van der Waals surface area contributed by atoms with Crippen molar-refractivity contribution in [2.45, 2.75) is 38.8 Å². The quantitative estimate of drug-likeness (QED) is 0.408. The van der Waals surface area contributed by atoms with Crippen LogP contribution in [-0.2, 0) is 11.3 Å². The van der Waals surface area contributed by atoms with E-state index in [-0.39, 0.29) is 11.7 Å². The van der Waals surface area contributed by atoms with Crippen LogP contribution in [0.15, 0.2) is 66.7 Å². The highest BCUT2D eigenvalue weighted by molar-refractivity contribution is 6.42. The van der Waals surface area contributed by atoms with Crippen molar-refractivity contribution < 1.29 is 9.59 Å². The number of hydrogen-bond donors (Lipinski definition) is 1. The Balaban J connectivity index is 1.58. The van der Waals surface area contributed by atoms with E-state index in [2.05, 4.69) is 10.2 Å². The standard InChI is InChI=1S/C27H26Cl2N2O2/c1-18-9-11-21(25(32)20-7-4-3-5-8-20)24(15-18)30-26(33)27(2)13-6-14-31(27)17-19-10-12-22(28)23(29)16-19/h3-5,7-12,15-16H,6,13-14,17H2,1-2H3,(H,30,33)/t27-/m1/s1. The molecule has 33 heavy (non-hydrogen) atoms. The number of halogens is 2. The zero-order chi connectivity index (χ0) is 23.6. The number of nitrogens with one attached hydrogen (secondary N) is 1. The molecule has 0 aliphatic carbocycles. The second-order valence-corrected chi connectivity index (χ2v) is 9.56. The minimum absolute atomic E-state index is 0.116. The number of carbonyl (C=O) groups is 2. The van der Waals surface area contributed by atoms with Gasteiger partial charge in [-0.3, -0.25) is 14.5 Å². The van der Waals surface area contributed by atoms with Gasteiger partial charge >= 0.3 is 0 Å². The van der Waals surface area contributed by atoms with Crippen molar-refractivity contribution in [1.82, 2.24) is 4.90 Å². The molecular weight excluding hydrogens is 455 g/mol. The van der Waals surface area contributed by atoms with Crippen molar-refractivity contribution in [2.75, 3.05) is 11.9 Å². The third-order valence-corrected chi connectivity index (χ3v) is 7.08. The van der Waals surface area contributed by atoms with Crippen LogP contribution in [0.4, 0.5) is 5.69 Å². The number of ketones is 1. The average molecular weight is 481 g/mol. The summed E-state index contributed by atoms with van der Waals surface area (Å²) in [5.41, 5.74) is 2.88. The Morgan fingerprint density at radius 1 is 1.00 bits per heavy atom. The highest BCUT2D eigenvalue weighted by Crippen LogP contribution is 2.34. The number of carbonyl (C=O) groups excluding carboxylic acids is 2. The van der Waals surface area contributed by atoms with Gasteiger partial charge in [0.25, 0.3) is 0 Å². The first-order valence-electron chi connectivity index (χ1n) is 11.0. The van der Waals surface area contributed by atoms with Crippen LogP contribution in [0.1, 0.15) is 46.8 Å². The van der Waals surface area contributed by atoms with Crippen molar-refractivity contribution in [3.63, 3.8) is 0 Å². The molecule has 1 aliphatic rings. The second-order valence-electron chi connectivity index (χ2n) is 8.75. The zero-order valence-corrected chi connectivity index (χ0v) is 20.2. The molecule has 0 bridgehead atoms. The van der Waals surface area contributed by atoms with Gasteiger partial charge in [0.1, 0.15) is 0 Å². The molecule has 0 saturated carbocycles. The van der Waals surface area contributed by atoms with Crippen molar-refractivity contribution in [3.05, 3.63) is 99.0 Å². The van der Waals surface area contributed by atoms with Gasteiger partial charge < -0.3 is 5.32 Å². The second kappa shape index (κ2) is 9.68. The van der Waals surface area contributed by atoms with Crippen LogP contribution in [0.5, 0.6) is 0 Å². The lowest BCUT2D eigenvalue weighted by molar-refractivity contribution is -0.125. The van der Waals surface area contributed by atoms with E-state index in [4.69, 9.17) is 23.2 Å². The first-order chi connectivity index (χ1) is 15.8. The van der Waals surface area contributed by atoms with Gasteiger partial charge in [0.15, 0.2) is 5.78 Å². The highest BCUT2D eigenvalue weighted by atomic mass is 35.5. The molecule has 1 N–H and O–H groups in total. The van der Waals surface area contributed by atoms with Crippen LogP contribution in [0.25, 0.3) is 0 Å². The maximum absolute atomic E-state index is 13.6. The molecule has 0 radical (unpaired) electrons. The smallest absolute Gasteiger partial charge is 0.244 e. The molecule has 1 heterocycles. The summed E-state index contributed by atoms with van der Waals surface area (Å²) in [6, 6.07) is 20.2. The summed E-state index contributed by atoms with van der Waals surface area (Å²) < 4.78 is 0. The average Bonchev–Trinajstić information content (AvgIpc) is 3.18. The van der Waals surface area contributed by atoms with Gasteiger partial charge in [0.2, 0.25) is 5.91 Å². The fraction of sp³-hybridized carbons (Fsp3) is 0.259. The summed E-state index contributed by atoms with van der Waals surface area (Å²) in [6.07, 6.45) is 1.64. The fourth-order valence-electron chi connectivity index (χ4n) is 4.35. The van der Waals surface area contributed by atoms with E-state index in [9.17, 15) is 9.59 Å². The molecule has 0 aromatic heterocycles. The van der Waals surface area contributed by atoms with Gasteiger partial charge in [-0.25, -0.2) is 0 Å². The lowest BCUT2D eigenvalue weighted by atomic mass is 9.95. The maximum atomic E-state index is 13.6. The van der Waals surface area contributed by atoms with Crippen molar-refractivity contribution in [3.8, 4) is 0 Å². The molecule has 6 heteroatoms. The number of likely N-dealkylation sites (tertiary alicyclic amines) is 1. The van der Waals surface area contributed by atoms with Crippen molar-refractivity contribution in [2.24, 2.45) is 0 Å². The van der Waals surface area contributed by atoms with Crippen LogP contribution in [-0.4, -0.2) is 28.7 Å². The molecule has 1 aliphatic heterocycles. The third kappa shape index (κ3) is 4.98. The molecule has 3 aromatic carbocycles. The van der Waals surface area contributed by atoms with Crippen LogP contribution >= 0.6 is 23.2 Å². The van der Waals surface area contributed by atoms with Crippen LogP contribution in [0.2, 0.25) is 10.0 Å². The number of benzene rings is 3. The minimum Gasteiger partial charge on any atom is -0.324 e. The molecule has 4 nitrogen and oxygen atoms in total. The van der Waals surface area contributed by atoms with Crippen molar-refractivity contribution in [1.29, 1.82) is 0 Å². The summed E-state index contributed by atoms with van der Waals surface area (Å²) in [7, 11) is 0. The zero-order valence-electron chi connectivity index (χ0n) is 18.7. The molecule has 4 rings (SSSR count). The minimum atomic E-state index is -0.705. The summed E-state index contributed by atoms with van der Waals surface area (Å²) in [5.74, 6) is -0.233. The number of aryl methyl sites for hydroxylation is 1. The molecule has 1 atom stereocenters. The Kier molecular flexibility index (Phi) is 6.89. The molecule has 1 amide bonds. The van der Waals surface area contributed by atoms with E-state index in [1.165, 1.54) is 0 Å². The van der Waals surface area contributed by atoms with Gasteiger partial charge in [-0.1, -0.05) is 65.7 Å². The molecule has 0 unspecified atom stereocenters.